The van der Waals surface area contributed by atoms with Gasteiger partial charge in [-0.3, -0.25) is 4.79 Å². The lowest BCUT2D eigenvalue weighted by Crippen LogP contribution is -2.37. The minimum absolute atomic E-state index is 0.0855. The first-order valence-electron chi connectivity index (χ1n) is 7.31. The molecule has 2 heterocycles. The Labute approximate surface area is 145 Å². The molecule has 0 bridgehead atoms. The summed E-state index contributed by atoms with van der Waals surface area (Å²) in [5, 5.41) is 1.10. The molecule has 0 aliphatic carbocycles. The van der Waals surface area contributed by atoms with Crippen LogP contribution in [-0.4, -0.2) is 42.3 Å². The summed E-state index contributed by atoms with van der Waals surface area (Å²) in [5.41, 5.74) is 0.807. The molecular weight excluding hydrogens is 356 g/mol. The number of anilines is 1. The Kier molecular flexibility index (Phi) is 4.46. The van der Waals surface area contributed by atoms with Gasteiger partial charge < -0.3 is 4.90 Å². The van der Waals surface area contributed by atoms with E-state index in [1.807, 2.05) is 17.0 Å². The number of rotatable bonds is 2. The highest BCUT2D eigenvalue weighted by Crippen LogP contribution is 2.41. The lowest BCUT2D eigenvalue weighted by atomic mass is 10.2. The second-order valence-electron chi connectivity index (χ2n) is 6.03. The fraction of sp³-hybridized carbons (Fsp3) is 0.467. The maximum absolute atomic E-state index is 12.0. The molecule has 2 saturated heterocycles. The van der Waals surface area contributed by atoms with E-state index in [2.05, 4.69) is 4.99 Å². The Bertz CT molecular complexity index is 759. The molecule has 2 atom stereocenters. The van der Waals surface area contributed by atoms with Crippen LogP contribution in [0.4, 0.5) is 5.69 Å². The smallest absolute Gasteiger partial charge is 0.250 e. The molecular formula is C15H17ClN2O3S2. The van der Waals surface area contributed by atoms with Crippen LogP contribution in [0.15, 0.2) is 29.3 Å². The van der Waals surface area contributed by atoms with E-state index in [1.54, 1.807) is 26.0 Å². The molecule has 2 fully saturated rings. The first-order chi connectivity index (χ1) is 10.8. The highest BCUT2D eigenvalue weighted by atomic mass is 35.5. The minimum atomic E-state index is -3.05. The molecule has 1 amide bonds. The van der Waals surface area contributed by atoms with Crippen LogP contribution in [0, 0.1) is 5.92 Å². The van der Waals surface area contributed by atoms with Crippen molar-refractivity contribution in [2.45, 2.75) is 25.1 Å². The summed E-state index contributed by atoms with van der Waals surface area (Å²) in [6, 6.07) is 6.96. The van der Waals surface area contributed by atoms with E-state index in [-0.39, 0.29) is 34.6 Å². The number of carbonyl (C=O) groups excluding carboxylic acids is 1. The predicted molar refractivity (Wildman–Crippen MR) is 95.0 cm³/mol. The van der Waals surface area contributed by atoms with Crippen LogP contribution in [0.3, 0.4) is 0 Å². The quantitative estimate of drug-likeness (QED) is 0.798. The summed E-state index contributed by atoms with van der Waals surface area (Å²) in [7, 11) is -3.05. The van der Waals surface area contributed by atoms with E-state index in [1.165, 1.54) is 11.8 Å². The molecule has 5 nitrogen and oxygen atoms in total. The van der Waals surface area contributed by atoms with Crippen LogP contribution in [0.25, 0.3) is 0 Å². The average Bonchev–Trinajstić information content (AvgIpc) is 2.91. The summed E-state index contributed by atoms with van der Waals surface area (Å²) < 4.78 is 23.9. The Morgan fingerprint density at radius 3 is 2.57 bits per heavy atom. The lowest BCUT2D eigenvalue weighted by molar-refractivity contribution is -0.120. The molecule has 0 N–H and O–H groups in total. The van der Waals surface area contributed by atoms with Crippen molar-refractivity contribution in [3.63, 3.8) is 0 Å². The third kappa shape index (κ3) is 3.41. The van der Waals surface area contributed by atoms with Gasteiger partial charge in [-0.2, -0.15) is 4.99 Å². The normalized spacial score (nSPS) is 27.7. The van der Waals surface area contributed by atoms with Gasteiger partial charge in [0.15, 0.2) is 15.0 Å². The van der Waals surface area contributed by atoms with Gasteiger partial charge in [-0.15, -0.1) is 0 Å². The van der Waals surface area contributed by atoms with Crippen molar-refractivity contribution in [2.75, 3.05) is 16.4 Å². The summed E-state index contributed by atoms with van der Waals surface area (Å²) in [6.07, 6.45) is 0. The average molecular weight is 373 g/mol. The summed E-state index contributed by atoms with van der Waals surface area (Å²) in [6.45, 7) is 3.59. The number of aliphatic imine (C=N–C) groups is 1. The first-order valence-corrected chi connectivity index (χ1v) is 10.4. The molecule has 1 aromatic rings. The number of carbonyl (C=O) groups is 1. The van der Waals surface area contributed by atoms with Gasteiger partial charge >= 0.3 is 0 Å². The van der Waals surface area contributed by atoms with Crippen LogP contribution >= 0.6 is 23.4 Å². The number of nitrogens with zero attached hydrogens (tertiary/aromatic N) is 2. The van der Waals surface area contributed by atoms with Gasteiger partial charge in [0.05, 0.1) is 17.5 Å². The highest BCUT2D eigenvalue weighted by Gasteiger charge is 2.49. The van der Waals surface area contributed by atoms with Gasteiger partial charge in [0, 0.05) is 21.9 Å². The van der Waals surface area contributed by atoms with Gasteiger partial charge in [0.1, 0.15) is 0 Å². The zero-order valence-electron chi connectivity index (χ0n) is 12.8. The fourth-order valence-electron chi connectivity index (χ4n) is 2.69. The molecule has 2 aliphatic heterocycles. The maximum Gasteiger partial charge on any atom is 0.250 e. The van der Waals surface area contributed by atoms with Gasteiger partial charge in [-0.05, 0) is 24.3 Å². The van der Waals surface area contributed by atoms with Gasteiger partial charge in [-0.25, -0.2) is 8.42 Å². The molecule has 0 spiro atoms. The van der Waals surface area contributed by atoms with E-state index in [9.17, 15) is 13.2 Å². The molecule has 0 unspecified atom stereocenters. The molecule has 1 aromatic carbocycles. The Balaban J connectivity index is 2.00. The fourth-order valence-corrected chi connectivity index (χ4v) is 6.74. The SMILES string of the molecule is CC(C)C(=O)N=C1S[C@@H]2CS(=O)(=O)C[C@H]2N1c1ccc(Cl)cc1. The van der Waals surface area contributed by atoms with Crippen LogP contribution in [0.1, 0.15) is 13.8 Å². The molecule has 0 radical (unpaired) electrons. The van der Waals surface area contributed by atoms with Crippen molar-refractivity contribution in [3.05, 3.63) is 29.3 Å². The van der Waals surface area contributed by atoms with Crippen LogP contribution < -0.4 is 4.90 Å². The van der Waals surface area contributed by atoms with Gasteiger partial charge in [0.25, 0.3) is 5.91 Å². The Morgan fingerprint density at radius 1 is 1.30 bits per heavy atom. The number of sulfone groups is 1. The number of fused-ring (bicyclic) bond motifs is 1. The largest absolute Gasteiger partial charge is 0.316 e. The van der Waals surface area contributed by atoms with Gasteiger partial charge in [0.2, 0.25) is 0 Å². The van der Waals surface area contributed by atoms with Crippen molar-refractivity contribution in [1.29, 1.82) is 0 Å². The molecule has 0 saturated carbocycles. The van der Waals surface area contributed by atoms with Crippen molar-refractivity contribution in [3.8, 4) is 0 Å². The second-order valence-corrected chi connectivity index (χ2v) is 9.83. The lowest BCUT2D eigenvalue weighted by Gasteiger charge is -2.24. The number of benzene rings is 1. The van der Waals surface area contributed by atoms with Crippen LogP contribution in [0.2, 0.25) is 5.02 Å². The van der Waals surface area contributed by atoms with E-state index in [4.69, 9.17) is 11.6 Å². The highest BCUT2D eigenvalue weighted by molar-refractivity contribution is 8.16. The van der Waals surface area contributed by atoms with Crippen LogP contribution in [-0.2, 0) is 14.6 Å². The molecule has 8 heteroatoms. The summed E-state index contributed by atoms with van der Waals surface area (Å²) in [4.78, 5) is 18.1. The topological polar surface area (TPSA) is 66.8 Å². The number of thioether (sulfide) groups is 1. The zero-order valence-corrected chi connectivity index (χ0v) is 15.2. The van der Waals surface area contributed by atoms with E-state index in [0.717, 1.165) is 5.69 Å². The van der Waals surface area contributed by atoms with Crippen LogP contribution in [0.5, 0.6) is 0 Å². The van der Waals surface area contributed by atoms with E-state index in [0.29, 0.717) is 10.2 Å². The van der Waals surface area contributed by atoms with Crippen molar-refractivity contribution in [1.82, 2.24) is 0 Å². The second kappa shape index (κ2) is 6.11. The van der Waals surface area contributed by atoms with Gasteiger partial charge in [-0.1, -0.05) is 37.2 Å². The number of amidine groups is 1. The Hall–Kier alpha value is -1.05. The third-order valence-corrected chi connectivity index (χ3v) is 7.33. The zero-order chi connectivity index (χ0) is 16.8. The van der Waals surface area contributed by atoms with Crippen molar-refractivity contribution < 1.29 is 13.2 Å². The maximum atomic E-state index is 12.0. The molecule has 2 aliphatic rings. The van der Waals surface area contributed by atoms with E-state index < -0.39 is 9.84 Å². The predicted octanol–water partition coefficient (Wildman–Crippen LogP) is 2.60. The van der Waals surface area contributed by atoms with Crippen molar-refractivity contribution >= 4 is 50.0 Å². The van der Waals surface area contributed by atoms with Crippen molar-refractivity contribution in [2.24, 2.45) is 10.9 Å². The molecule has 124 valence electrons. The Morgan fingerprint density at radius 2 is 1.96 bits per heavy atom. The number of hydrogen-bond acceptors (Lipinski definition) is 4. The number of hydrogen-bond donors (Lipinski definition) is 0. The molecule has 23 heavy (non-hydrogen) atoms. The number of amides is 1. The number of halogens is 1. The monoisotopic (exact) mass is 372 g/mol. The summed E-state index contributed by atoms with van der Waals surface area (Å²) in [5.74, 6) is -0.183. The molecule has 0 aromatic heterocycles. The standard InChI is InChI=1S/C15H17ClN2O3S2/c1-9(2)14(19)17-15-18(11-5-3-10(16)4-6-11)12-7-23(20,21)8-13(12)22-15/h3-6,9,12-13H,7-8H2,1-2H3/t12-,13-/m1/s1. The summed E-state index contributed by atoms with van der Waals surface area (Å²) >= 11 is 7.31. The van der Waals surface area contributed by atoms with E-state index >= 15 is 0 Å². The first kappa shape index (κ1) is 16.8. The third-order valence-electron chi connectivity index (χ3n) is 3.87. The molecule has 3 rings (SSSR count). The minimum Gasteiger partial charge on any atom is -0.316 e.